The molecule has 0 bridgehead atoms. The SMILES string of the molecule is Cc1[nH]c(NC(=O)Nc2ccccc2OC(F)(F)F)nc(=O)c1CC(=O)N1CCN(CCCN)CC1. The molecule has 1 fully saturated rings. The molecule has 196 valence electrons. The maximum absolute atomic E-state index is 12.7. The molecule has 0 aliphatic carbocycles. The fourth-order valence-corrected chi connectivity index (χ4v) is 3.72. The van der Waals surface area contributed by atoms with Gasteiger partial charge in [-0.3, -0.25) is 19.8 Å². The monoisotopic (exact) mass is 511 g/mol. The highest BCUT2D eigenvalue weighted by Gasteiger charge is 2.32. The summed E-state index contributed by atoms with van der Waals surface area (Å²) < 4.78 is 41.6. The largest absolute Gasteiger partial charge is 0.573 e. The molecule has 11 nitrogen and oxygen atoms in total. The number of H-pyrrole nitrogens is 1. The molecule has 2 aromatic rings. The third kappa shape index (κ3) is 7.68. The third-order valence-electron chi connectivity index (χ3n) is 5.55. The van der Waals surface area contributed by atoms with E-state index in [1.807, 2.05) is 0 Å². The van der Waals surface area contributed by atoms with Gasteiger partial charge in [-0.15, -0.1) is 13.2 Å². The van der Waals surface area contributed by atoms with Crippen LogP contribution in [0.4, 0.5) is 29.6 Å². The molecule has 1 saturated heterocycles. The number of amides is 3. The first-order valence-corrected chi connectivity index (χ1v) is 11.3. The Labute approximate surface area is 204 Å². The Morgan fingerprint density at radius 3 is 2.50 bits per heavy atom. The number of piperazine rings is 1. The molecule has 3 rings (SSSR count). The van der Waals surface area contributed by atoms with Crippen molar-refractivity contribution >= 4 is 23.6 Å². The number of aromatic nitrogens is 2. The van der Waals surface area contributed by atoms with Gasteiger partial charge in [0, 0.05) is 37.4 Å². The van der Waals surface area contributed by atoms with Crippen LogP contribution in [-0.2, 0) is 11.2 Å². The van der Waals surface area contributed by atoms with Crippen molar-refractivity contribution < 1.29 is 27.5 Å². The van der Waals surface area contributed by atoms with Crippen LogP contribution in [0.2, 0.25) is 0 Å². The number of rotatable bonds is 8. The van der Waals surface area contributed by atoms with Gasteiger partial charge in [-0.1, -0.05) is 12.1 Å². The minimum absolute atomic E-state index is 0.147. The summed E-state index contributed by atoms with van der Waals surface area (Å²) in [7, 11) is 0. The molecule has 0 radical (unpaired) electrons. The molecule has 1 aromatic carbocycles. The molecule has 0 saturated carbocycles. The number of benzene rings is 1. The molecule has 1 aromatic heterocycles. The number of hydrogen-bond acceptors (Lipinski definition) is 7. The summed E-state index contributed by atoms with van der Waals surface area (Å²) in [6, 6.07) is 4.03. The number of nitrogens with zero attached hydrogens (tertiary/aromatic N) is 3. The van der Waals surface area contributed by atoms with E-state index in [1.54, 1.807) is 11.8 Å². The lowest BCUT2D eigenvalue weighted by Crippen LogP contribution is -2.49. The van der Waals surface area contributed by atoms with Crippen molar-refractivity contribution in [2.75, 3.05) is 49.9 Å². The second-order valence-corrected chi connectivity index (χ2v) is 8.16. The standard InChI is InChI=1S/C22H28F3N7O4/c1-14-15(13-18(33)32-11-9-31(10-12-32)8-4-7-26)19(34)29-20(27-14)30-21(35)28-16-5-2-3-6-17(16)36-22(23,24)25/h2-3,5-6H,4,7-13,26H2,1H3,(H3,27,28,29,30,34,35). The number of aromatic amines is 1. The Hall–Kier alpha value is -3.65. The Balaban J connectivity index is 1.60. The highest BCUT2D eigenvalue weighted by atomic mass is 19.4. The van der Waals surface area contributed by atoms with Crippen LogP contribution in [0.25, 0.3) is 0 Å². The van der Waals surface area contributed by atoms with E-state index in [1.165, 1.54) is 18.2 Å². The number of urea groups is 1. The number of hydrogen-bond donors (Lipinski definition) is 4. The summed E-state index contributed by atoms with van der Waals surface area (Å²) in [6.45, 7) is 5.61. The minimum atomic E-state index is -4.94. The van der Waals surface area contributed by atoms with E-state index in [0.29, 0.717) is 25.3 Å². The summed E-state index contributed by atoms with van der Waals surface area (Å²) in [5.41, 5.74) is 5.10. The van der Waals surface area contributed by atoms with Crippen LogP contribution in [0.3, 0.4) is 0 Å². The molecule has 1 aliphatic heterocycles. The quantitative estimate of drug-likeness (QED) is 0.422. The van der Waals surface area contributed by atoms with Crippen molar-refractivity contribution in [1.82, 2.24) is 19.8 Å². The van der Waals surface area contributed by atoms with Gasteiger partial charge in [0.2, 0.25) is 11.9 Å². The highest BCUT2D eigenvalue weighted by Crippen LogP contribution is 2.29. The zero-order valence-electron chi connectivity index (χ0n) is 19.7. The number of halogens is 3. The van der Waals surface area contributed by atoms with Crippen molar-refractivity contribution in [3.8, 4) is 5.75 Å². The van der Waals surface area contributed by atoms with Gasteiger partial charge < -0.3 is 25.7 Å². The number of anilines is 2. The van der Waals surface area contributed by atoms with Gasteiger partial charge in [-0.25, -0.2) is 4.79 Å². The fourth-order valence-electron chi connectivity index (χ4n) is 3.72. The number of nitrogens with two attached hydrogens (primary N) is 1. The Morgan fingerprint density at radius 1 is 1.17 bits per heavy atom. The smallest absolute Gasteiger partial charge is 0.404 e. The van der Waals surface area contributed by atoms with Gasteiger partial charge in [0.05, 0.1) is 12.1 Å². The van der Waals surface area contributed by atoms with Crippen LogP contribution in [0, 0.1) is 6.92 Å². The van der Waals surface area contributed by atoms with Crippen molar-refractivity contribution in [1.29, 1.82) is 0 Å². The molecule has 2 heterocycles. The van der Waals surface area contributed by atoms with Gasteiger partial charge in [0.15, 0.2) is 5.75 Å². The molecule has 36 heavy (non-hydrogen) atoms. The van der Waals surface area contributed by atoms with Gasteiger partial charge >= 0.3 is 12.4 Å². The summed E-state index contributed by atoms with van der Waals surface area (Å²) >= 11 is 0. The first-order chi connectivity index (χ1) is 17.1. The lowest BCUT2D eigenvalue weighted by molar-refractivity contribution is -0.274. The lowest BCUT2D eigenvalue weighted by atomic mass is 10.1. The van der Waals surface area contributed by atoms with E-state index >= 15 is 0 Å². The normalized spacial score (nSPS) is 14.4. The van der Waals surface area contributed by atoms with E-state index in [9.17, 15) is 27.6 Å². The molecule has 3 amide bonds. The Morgan fingerprint density at radius 2 is 1.86 bits per heavy atom. The summed E-state index contributed by atoms with van der Waals surface area (Å²) in [5, 5.41) is 4.48. The molecular formula is C22H28F3N7O4. The van der Waals surface area contributed by atoms with Gasteiger partial charge in [0.25, 0.3) is 5.56 Å². The van der Waals surface area contributed by atoms with Gasteiger partial charge in [-0.05, 0) is 38.6 Å². The number of alkyl halides is 3. The predicted molar refractivity (Wildman–Crippen MR) is 126 cm³/mol. The van der Waals surface area contributed by atoms with Gasteiger partial charge in [-0.2, -0.15) is 4.98 Å². The van der Waals surface area contributed by atoms with Gasteiger partial charge in [0.1, 0.15) is 0 Å². The second kappa shape index (κ2) is 11.9. The van der Waals surface area contributed by atoms with E-state index < -0.39 is 23.7 Å². The molecule has 14 heteroatoms. The number of nitrogens with one attached hydrogen (secondary N) is 3. The first-order valence-electron chi connectivity index (χ1n) is 11.3. The zero-order valence-corrected chi connectivity index (χ0v) is 19.7. The lowest BCUT2D eigenvalue weighted by Gasteiger charge is -2.34. The van der Waals surface area contributed by atoms with Crippen LogP contribution in [0.5, 0.6) is 5.75 Å². The highest BCUT2D eigenvalue weighted by molar-refractivity contribution is 5.99. The average Bonchev–Trinajstić information content (AvgIpc) is 2.80. The fraction of sp³-hybridized carbons (Fsp3) is 0.455. The van der Waals surface area contributed by atoms with Crippen LogP contribution in [0.1, 0.15) is 17.7 Å². The maximum atomic E-state index is 12.7. The molecule has 0 spiro atoms. The van der Waals surface area contributed by atoms with Crippen molar-refractivity contribution in [2.24, 2.45) is 5.73 Å². The number of ether oxygens (including phenoxy) is 1. The number of carbonyl (C=O) groups is 2. The van der Waals surface area contributed by atoms with E-state index in [-0.39, 0.29) is 29.5 Å². The number of aryl methyl sites for hydroxylation is 1. The van der Waals surface area contributed by atoms with Crippen molar-refractivity contribution in [3.05, 3.63) is 45.9 Å². The van der Waals surface area contributed by atoms with Crippen LogP contribution in [0.15, 0.2) is 29.1 Å². The third-order valence-corrected chi connectivity index (χ3v) is 5.55. The van der Waals surface area contributed by atoms with E-state index in [2.05, 4.69) is 30.2 Å². The van der Waals surface area contributed by atoms with Crippen molar-refractivity contribution in [3.63, 3.8) is 0 Å². The summed E-state index contributed by atoms with van der Waals surface area (Å²) in [6.07, 6.45) is -4.20. The predicted octanol–water partition coefficient (Wildman–Crippen LogP) is 1.66. The van der Waals surface area contributed by atoms with E-state index in [0.717, 1.165) is 32.1 Å². The summed E-state index contributed by atoms with van der Waals surface area (Å²) in [4.78, 5) is 48.0. The zero-order chi connectivity index (χ0) is 26.3. The van der Waals surface area contributed by atoms with Crippen LogP contribution in [-0.4, -0.2) is 77.3 Å². The molecular weight excluding hydrogens is 483 g/mol. The molecule has 1 aliphatic rings. The minimum Gasteiger partial charge on any atom is -0.404 e. The number of para-hydroxylation sites is 2. The molecule has 5 N–H and O–H groups in total. The second-order valence-electron chi connectivity index (χ2n) is 8.16. The topological polar surface area (TPSA) is 146 Å². The number of carbonyl (C=O) groups excluding carboxylic acids is 2. The van der Waals surface area contributed by atoms with Crippen LogP contribution < -0.4 is 26.7 Å². The maximum Gasteiger partial charge on any atom is 0.573 e. The first kappa shape index (κ1) is 26.9. The Kier molecular flexibility index (Phi) is 8.88. The Bertz CT molecular complexity index is 1130. The van der Waals surface area contributed by atoms with E-state index in [4.69, 9.17) is 5.73 Å². The molecule has 0 atom stereocenters. The van der Waals surface area contributed by atoms with Crippen molar-refractivity contribution in [2.45, 2.75) is 26.1 Å². The summed E-state index contributed by atoms with van der Waals surface area (Å²) in [5.74, 6) is -1.04. The molecule has 0 unspecified atom stereocenters. The van der Waals surface area contributed by atoms with Crippen LogP contribution >= 0.6 is 0 Å². The average molecular weight is 512 g/mol.